The van der Waals surface area contributed by atoms with Crippen LogP contribution in [0, 0.1) is 28.4 Å². The Morgan fingerprint density at radius 3 is 2.31 bits per heavy atom. The van der Waals surface area contributed by atoms with Crippen molar-refractivity contribution in [2.75, 3.05) is 0 Å². The van der Waals surface area contributed by atoms with Crippen LogP contribution >= 0.6 is 0 Å². The van der Waals surface area contributed by atoms with Gasteiger partial charge in [-0.1, -0.05) is 19.9 Å². The van der Waals surface area contributed by atoms with Gasteiger partial charge < -0.3 is 0 Å². The summed E-state index contributed by atoms with van der Waals surface area (Å²) in [6, 6.07) is 5.63. The molecule has 0 radical (unpaired) electrons. The maximum atomic E-state index is 13.6. The van der Waals surface area contributed by atoms with E-state index in [1.807, 2.05) is 13.8 Å². The zero-order chi connectivity index (χ0) is 12.0. The second kappa shape index (κ2) is 3.28. The summed E-state index contributed by atoms with van der Waals surface area (Å²) in [4.78, 5) is 0. The minimum absolute atomic E-state index is 0.0660. The third-order valence-corrected chi connectivity index (χ3v) is 3.22. The minimum atomic E-state index is -0.763. The predicted molar refractivity (Wildman–Crippen MR) is 56.7 cm³/mol. The average Bonchev–Trinajstić information content (AvgIpc) is 2.13. The van der Waals surface area contributed by atoms with Gasteiger partial charge in [0.05, 0.1) is 11.5 Å². The highest BCUT2D eigenvalue weighted by Gasteiger charge is 2.51. The van der Waals surface area contributed by atoms with Crippen LogP contribution in [-0.2, 0) is 5.41 Å². The van der Waals surface area contributed by atoms with Crippen LogP contribution < -0.4 is 0 Å². The number of halogens is 2. The van der Waals surface area contributed by atoms with Crippen molar-refractivity contribution in [1.29, 1.82) is 5.26 Å². The summed E-state index contributed by atoms with van der Waals surface area (Å²) in [5, 5.41) is 9.21. The van der Waals surface area contributed by atoms with Gasteiger partial charge in [0.25, 0.3) is 0 Å². The van der Waals surface area contributed by atoms with E-state index in [9.17, 15) is 14.0 Å². The quantitative estimate of drug-likeness (QED) is 0.711. The lowest BCUT2D eigenvalue weighted by atomic mass is 9.52. The molecule has 0 bridgehead atoms. The highest BCUT2D eigenvalue weighted by molar-refractivity contribution is 5.38. The van der Waals surface area contributed by atoms with Crippen LogP contribution in [0.2, 0.25) is 0 Å². The van der Waals surface area contributed by atoms with Gasteiger partial charge in [-0.2, -0.15) is 5.26 Å². The Balaban J connectivity index is 2.41. The van der Waals surface area contributed by atoms with E-state index in [0.717, 1.165) is 6.07 Å². The molecular formula is C13H13F2N. The van der Waals surface area contributed by atoms with Gasteiger partial charge >= 0.3 is 0 Å². The number of nitrogens with zero attached hydrogens (tertiary/aromatic N) is 1. The van der Waals surface area contributed by atoms with Crippen molar-refractivity contribution in [3.8, 4) is 6.07 Å². The van der Waals surface area contributed by atoms with E-state index < -0.39 is 17.0 Å². The molecule has 84 valence electrons. The lowest BCUT2D eigenvalue weighted by Crippen LogP contribution is -2.46. The predicted octanol–water partition coefficient (Wildman–Crippen LogP) is 3.55. The summed E-state index contributed by atoms with van der Waals surface area (Å²) >= 11 is 0. The van der Waals surface area contributed by atoms with Crippen LogP contribution in [0.25, 0.3) is 0 Å². The van der Waals surface area contributed by atoms with Crippen molar-refractivity contribution in [2.24, 2.45) is 5.41 Å². The Hall–Kier alpha value is -1.43. The van der Waals surface area contributed by atoms with Gasteiger partial charge in [0, 0.05) is 11.6 Å². The molecule has 1 aromatic rings. The molecule has 3 heteroatoms. The normalized spacial score (nSPS) is 20.9. The van der Waals surface area contributed by atoms with Crippen molar-refractivity contribution in [2.45, 2.75) is 32.1 Å². The average molecular weight is 221 g/mol. The third kappa shape index (κ3) is 1.59. The lowest BCUT2D eigenvalue weighted by molar-refractivity contribution is 0.0970. The van der Waals surface area contributed by atoms with E-state index >= 15 is 0 Å². The van der Waals surface area contributed by atoms with Crippen LogP contribution in [0.3, 0.4) is 0 Å². The maximum Gasteiger partial charge on any atom is 0.130 e. The molecule has 1 saturated carbocycles. The summed E-state index contributed by atoms with van der Waals surface area (Å²) in [5.41, 5.74) is -0.367. The van der Waals surface area contributed by atoms with E-state index in [4.69, 9.17) is 0 Å². The molecule has 1 fully saturated rings. The molecule has 0 spiro atoms. The zero-order valence-electron chi connectivity index (χ0n) is 9.35. The molecule has 2 rings (SSSR count). The number of benzene rings is 1. The van der Waals surface area contributed by atoms with Crippen LogP contribution in [0.15, 0.2) is 18.2 Å². The van der Waals surface area contributed by atoms with Gasteiger partial charge in [0.1, 0.15) is 11.6 Å². The number of hydrogen-bond donors (Lipinski definition) is 0. The van der Waals surface area contributed by atoms with Crippen molar-refractivity contribution in [3.63, 3.8) is 0 Å². The van der Waals surface area contributed by atoms with Gasteiger partial charge in [0.15, 0.2) is 0 Å². The van der Waals surface area contributed by atoms with Crippen molar-refractivity contribution >= 4 is 0 Å². The number of nitriles is 1. The Kier molecular flexibility index (Phi) is 2.27. The first-order chi connectivity index (χ1) is 7.38. The van der Waals surface area contributed by atoms with E-state index in [0.29, 0.717) is 18.4 Å². The standard InChI is InChI=1S/C13H13F2N/c1-12(2)6-13(7-12,8-16)10-4-3-9(14)5-11(10)15/h3-5H,6-7H2,1-2H3. The smallest absolute Gasteiger partial charge is 0.130 e. The van der Waals surface area contributed by atoms with Gasteiger partial charge in [-0.3, -0.25) is 0 Å². The highest BCUT2D eigenvalue weighted by Crippen LogP contribution is 2.55. The molecule has 0 heterocycles. The van der Waals surface area contributed by atoms with Crippen LogP contribution in [0.5, 0.6) is 0 Å². The second-order valence-corrected chi connectivity index (χ2v) is 5.34. The van der Waals surface area contributed by atoms with Gasteiger partial charge in [-0.15, -0.1) is 0 Å². The first-order valence-corrected chi connectivity index (χ1v) is 5.25. The molecule has 1 aliphatic rings. The van der Waals surface area contributed by atoms with Gasteiger partial charge in [0.2, 0.25) is 0 Å². The van der Waals surface area contributed by atoms with Gasteiger partial charge in [-0.05, 0) is 24.3 Å². The molecule has 0 atom stereocenters. The summed E-state index contributed by atoms with van der Waals surface area (Å²) < 4.78 is 26.4. The summed E-state index contributed by atoms with van der Waals surface area (Å²) in [5.74, 6) is -1.22. The molecule has 1 nitrogen and oxygen atoms in total. The molecule has 0 unspecified atom stereocenters. The third-order valence-electron chi connectivity index (χ3n) is 3.22. The zero-order valence-corrected chi connectivity index (χ0v) is 9.35. The van der Waals surface area contributed by atoms with Crippen LogP contribution in [0.1, 0.15) is 32.3 Å². The molecule has 0 N–H and O–H groups in total. The van der Waals surface area contributed by atoms with Crippen LogP contribution in [0.4, 0.5) is 8.78 Å². The monoisotopic (exact) mass is 221 g/mol. The first kappa shape index (κ1) is 11.1. The Bertz CT molecular complexity index is 463. The SMILES string of the molecule is CC1(C)CC(C#N)(c2ccc(F)cc2F)C1. The minimum Gasteiger partial charge on any atom is -0.207 e. The lowest BCUT2D eigenvalue weighted by Gasteiger charge is -2.49. The molecule has 1 aliphatic carbocycles. The molecule has 0 aliphatic heterocycles. The van der Waals surface area contributed by atoms with Crippen LogP contribution in [-0.4, -0.2) is 0 Å². The van der Waals surface area contributed by atoms with E-state index in [2.05, 4.69) is 6.07 Å². The highest BCUT2D eigenvalue weighted by atomic mass is 19.1. The van der Waals surface area contributed by atoms with E-state index in [1.165, 1.54) is 12.1 Å². The largest absolute Gasteiger partial charge is 0.207 e. The molecule has 1 aromatic carbocycles. The molecule has 0 saturated heterocycles. The summed E-state index contributed by atoms with van der Waals surface area (Å²) in [7, 11) is 0. The van der Waals surface area contributed by atoms with Crippen molar-refractivity contribution < 1.29 is 8.78 Å². The van der Waals surface area contributed by atoms with Gasteiger partial charge in [-0.25, -0.2) is 8.78 Å². The maximum absolute atomic E-state index is 13.6. The number of rotatable bonds is 1. The number of hydrogen-bond acceptors (Lipinski definition) is 1. The van der Waals surface area contributed by atoms with E-state index in [-0.39, 0.29) is 5.41 Å². The Morgan fingerprint density at radius 1 is 1.25 bits per heavy atom. The fourth-order valence-corrected chi connectivity index (χ4v) is 2.79. The molecular weight excluding hydrogens is 208 g/mol. The molecule has 0 aromatic heterocycles. The van der Waals surface area contributed by atoms with Crippen molar-refractivity contribution in [1.82, 2.24) is 0 Å². The second-order valence-electron chi connectivity index (χ2n) is 5.34. The first-order valence-electron chi connectivity index (χ1n) is 5.25. The molecule has 0 amide bonds. The van der Waals surface area contributed by atoms with Crippen molar-refractivity contribution in [3.05, 3.63) is 35.4 Å². The Morgan fingerprint density at radius 2 is 1.88 bits per heavy atom. The Labute approximate surface area is 93.7 Å². The fraction of sp³-hybridized carbons (Fsp3) is 0.462. The molecule has 16 heavy (non-hydrogen) atoms. The fourth-order valence-electron chi connectivity index (χ4n) is 2.79. The van der Waals surface area contributed by atoms with E-state index in [1.54, 1.807) is 0 Å². The summed E-state index contributed by atoms with van der Waals surface area (Å²) in [6.07, 6.45) is 1.25. The summed E-state index contributed by atoms with van der Waals surface area (Å²) in [6.45, 7) is 4.09. The topological polar surface area (TPSA) is 23.8 Å².